The number of fused-ring (bicyclic) bond motifs is 1. The van der Waals surface area contributed by atoms with Crippen molar-refractivity contribution >= 4 is 16.9 Å². The molecule has 110 valence electrons. The zero-order chi connectivity index (χ0) is 14.5. The fourth-order valence-corrected chi connectivity index (χ4v) is 3.03. The van der Waals surface area contributed by atoms with E-state index in [1.807, 2.05) is 18.2 Å². The van der Waals surface area contributed by atoms with Crippen molar-refractivity contribution in [3.05, 3.63) is 34.9 Å². The Hall–Kier alpha value is -0.880. The lowest BCUT2D eigenvalue weighted by Crippen LogP contribution is -2.24. The normalized spacial score (nSPS) is 17.4. The number of nitrogens with one attached hydrogen (secondary N) is 1. The van der Waals surface area contributed by atoms with Crippen LogP contribution in [0.1, 0.15) is 36.1 Å². The van der Waals surface area contributed by atoms with Crippen LogP contribution in [0.3, 0.4) is 0 Å². The number of benzene rings is 1. The summed E-state index contributed by atoms with van der Waals surface area (Å²) in [4.78, 5) is 10.8. The quantitative estimate of drug-likeness (QED) is 0.766. The highest BCUT2D eigenvalue weighted by atomic mass is 32.2. The van der Waals surface area contributed by atoms with E-state index < -0.39 is 12.2 Å². The molecule has 3 N–H and O–H groups in total. The average Bonchev–Trinajstić information content (AvgIpc) is 2.45. The maximum Gasteiger partial charge on any atom is 0.185 e. The minimum Gasteiger partial charge on any atom is -0.390 e. The molecule has 0 aromatic heterocycles. The van der Waals surface area contributed by atoms with Gasteiger partial charge in [0.1, 0.15) is 6.10 Å². The summed E-state index contributed by atoms with van der Waals surface area (Å²) < 4.78 is 0. The summed E-state index contributed by atoms with van der Waals surface area (Å²) in [7, 11) is 0. The molecule has 0 amide bonds. The average molecular weight is 295 g/mol. The highest BCUT2D eigenvalue weighted by Gasteiger charge is 2.20. The first-order valence-electron chi connectivity index (χ1n) is 6.90. The molecule has 0 saturated heterocycles. The Morgan fingerprint density at radius 1 is 1.40 bits per heavy atom. The first-order chi connectivity index (χ1) is 9.58. The van der Waals surface area contributed by atoms with Gasteiger partial charge in [0.15, 0.2) is 5.12 Å². The van der Waals surface area contributed by atoms with Crippen LogP contribution < -0.4 is 5.32 Å². The fourth-order valence-electron chi connectivity index (χ4n) is 2.39. The van der Waals surface area contributed by atoms with Gasteiger partial charge in [-0.3, -0.25) is 4.79 Å². The largest absolute Gasteiger partial charge is 0.390 e. The number of hydrogen-bond acceptors (Lipinski definition) is 5. The Kier molecular flexibility index (Phi) is 5.60. The zero-order valence-electron chi connectivity index (χ0n) is 11.6. The maximum atomic E-state index is 10.8. The number of hydrogen-bond donors (Lipinski definition) is 3. The molecule has 1 aromatic rings. The fraction of sp³-hybridized carbons (Fsp3) is 0.533. The molecule has 2 atom stereocenters. The molecule has 1 aliphatic heterocycles. The molecule has 1 aromatic carbocycles. The van der Waals surface area contributed by atoms with Crippen LogP contribution >= 0.6 is 11.8 Å². The molecule has 0 aliphatic carbocycles. The highest BCUT2D eigenvalue weighted by molar-refractivity contribution is 8.13. The SMILES string of the molecule is CC(=O)SCCC(O)C(O)c1ccc2c(c1)CNCC2. The van der Waals surface area contributed by atoms with Gasteiger partial charge in [-0.25, -0.2) is 0 Å². The summed E-state index contributed by atoms with van der Waals surface area (Å²) in [5.41, 5.74) is 3.24. The first kappa shape index (κ1) is 15.5. The third kappa shape index (κ3) is 4.06. The van der Waals surface area contributed by atoms with Crippen molar-refractivity contribution in [1.82, 2.24) is 5.32 Å². The molecule has 0 fully saturated rings. The number of carbonyl (C=O) groups excluding carboxylic acids is 1. The summed E-state index contributed by atoms with van der Waals surface area (Å²) >= 11 is 1.18. The Morgan fingerprint density at radius 2 is 2.20 bits per heavy atom. The summed E-state index contributed by atoms with van der Waals surface area (Å²) in [5.74, 6) is 0.528. The molecule has 4 nitrogen and oxygen atoms in total. The highest BCUT2D eigenvalue weighted by Crippen LogP contribution is 2.24. The molecule has 1 heterocycles. The van der Waals surface area contributed by atoms with Crippen molar-refractivity contribution in [2.24, 2.45) is 0 Å². The van der Waals surface area contributed by atoms with Crippen molar-refractivity contribution in [3.63, 3.8) is 0 Å². The Balaban J connectivity index is 1.97. The van der Waals surface area contributed by atoms with Gasteiger partial charge in [0.05, 0.1) is 6.10 Å². The molecule has 0 bridgehead atoms. The van der Waals surface area contributed by atoms with Gasteiger partial charge >= 0.3 is 0 Å². The van der Waals surface area contributed by atoms with E-state index in [2.05, 4.69) is 5.32 Å². The lowest BCUT2D eigenvalue weighted by Gasteiger charge is -2.22. The second kappa shape index (κ2) is 7.22. The van der Waals surface area contributed by atoms with E-state index in [-0.39, 0.29) is 5.12 Å². The first-order valence-corrected chi connectivity index (χ1v) is 7.88. The number of aliphatic hydroxyl groups excluding tert-OH is 2. The Labute approximate surface area is 123 Å². The van der Waals surface area contributed by atoms with E-state index in [0.29, 0.717) is 12.2 Å². The molecule has 2 rings (SSSR count). The summed E-state index contributed by atoms with van der Waals surface area (Å²) in [5, 5.41) is 23.5. The third-order valence-electron chi connectivity index (χ3n) is 3.54. The summed E-state index contributed by atoms with van der Waals surface area (Å²) in [6.07, 6.45) is -0.323. The third-order valence-corrected chi connectivity index (χ3v) is 4.39. The standard InChI is InChI=1S/C15H21NO3S/c1-10(17)20-7-5-14(18)15(19)12-3-2-11-4-6-16-9-13(11)8-12/h2-3,8,14-16,18-19H,4-7,9H2,1H3. The number of aliphatic hydroxyl groups is 2. The van der Waals surface area contributed by atoms with E-state index in [1.165, 1.54) is 29.8 Å². The van der Waals surface area contributed by atoms with E-state index in [1.54, 1.807) is 0 Å². The van der Waals surface area contributed by atoms with Crippen LogP contribution in [0.2, 0.25) is 0 Å². The van der Waals surface area contributed by atoms with Crippen molar-refractivity contribution in [3.8, 4) is 0 Å². The van der Waals surface area contributed by atoms with Crippen LogP contribution in [-0.4, -0.2) is 33.7 Å². The number of rotatable bonds is 5. The van der Waals surface area contributed by atoms with E-state index in [9.17, 15) is 15.0 Å². The van der Waals surface area contributed by atoms with Gasteiger partial charge in [0.2, 0.25) is 0 Å². The summed E-state index contributed by atoms with van der Waals surface area (Å²) in [6.45, 7) is 3.30. The van der Waals surface area contributed by atoms with Gasteiger partial charge in [0.25, 0.3) is 0 Å². The van der Waals surface area contributed by atoms with Gasteiger partial charge in [-0.05, 0) is 36.1 Å². The van der Waals surface area contributed by atoms with Crippen molar-refractivity contribution in [1.29, 1.82) is 0 Å². The van der Waals surface area contributed by atoms with Crippen LogP contribution in [0, 0.1) is 0 Å². The molecular weight excluding hydrogens is 274 g/mol. The van der Waals surface area contributed by atoms with Crippen LogP contribution in [0.25, 0.3) is 0 Å². The van der Waals surface area contributed by atoms with Gasteiger partial charge < -0.3 is 15.5 Å². The summed E-state index contributed by atoms with van der Waals surface area (Å²) in [6, 6.07) is 5.88. The molecule has 0 radical (unpaired) electrons. The number of thioether (sulfide) groups is 1. The van der Waals surface area contributed by atoms with E-state index in [4.69, 9.17) is 0 Å². The molecule has 20 heavy (non-hydrogen) atoms. The van der Waals surface area contributed by atoms with Crippen LogP contribution in [-0.2, 0) is 17.8 Å². The van der Waals surface area contributed by atoms with Crippen molar-refractivity contribution in [2.45, 2.75) is 38.5 Å². The molecule has 0 saturated carbocycles. The van der Waals surface area contributed by atoms with Crippen LogP contribution in [0.15, 0.2) is 18.2 Å². The second-order valence-electron chi connectivity index (χ2n) is 5.10. The minimum absolute atomic E-state index is 0.0338. The maximum absolute atomic E-state index is 10.8. The van der Waals surface area contributed by atoms with Gasteiger partial charge in [-0.15, -0.1) is 0 Å². The van der Waals surface area contributed by atoms with Gasteiger partial charge in [-0.1, -0.05) is 30.0 Å². The van der Waals surface area contributed by atoms with Gasteiger partial charge in [0, 0.05) is 19.2 Å². The van der Waals surface area contributed by atoms with E-state index in [0.717, 1.165) is 25.1 Å². The molecular formula is C15H21NO3S. The predicted octanol–water partition coefficient (Wildman–Crippen LogP) is 1.40. The molecule has 0 spiro atoms. The van der Waals surface area contributed by atoms with Crippen LogP contribution in [0.5, 0.6) is 0 Å². The van der Waals surface area contributed by atoms with E-state index >= 15 is 0 Å². The minimum atomic E-state index is -0.894. The smallest absolute Gasteiger partial charge is 0.185 e. The second-order valence-corrected chi connectivity index (χ2v) is 6.37. The topological polar surface area (TPSA) is 69.6 Å². The predicted molar refractivity (Wildman–Crippen MR) is 80.6 cm³/mol. The van der Waals surface area contributed by atoms with Crippen LogP contribution in [0.4, 0.5) is 0 Å². The molecule has 1 aliphatic rings. The van der Waals surface area contributed by atoms with Crippen molar-refractivity contribution in [2.75, 3.05) is 12.3 Å². The molecule has 2 unspecified atom stereocenters. The Bertz CT molecular complexity index is 478. The lowest BCUT2D eigenvalue weighted by atomic mass is 9.94. The number of carbonyl (C=O) groups is 1. The zero-order valence-corrected chi connectivity index (χ0v) is 12.4. The monoisotopic (exact) mass is 295 g/mol. The Morgan fingerprint density at radius 3 is 2.95 bits per heavy atom. The molecule has 5 heteroatoms. The van der Waals surface area contributed by atoms with Gasteiger partial charge in [-0.2, -0.15) is 0 Å². The lowest BCUT2D eigenvalue weighted by molar-refractivity contribution is -0.109. The van der Waals surface area contributed by atoms with Crippen molar-refractivity contribution < 1.29 is 15.0 Å².